The third kappa shape index (κ3) is 7.60. The smallest absolute Gasteiger partial charge is 0.292 e. The largest absolute Gasteiger partial charge is 0.455 e. The van der Waals surface area contributed by atoms with E-state index in [-0.39, 0.29) is 47.9 Å². The monoisotopic (exact) mass is 586 g/mol. The molecule has 15 heteroatoms. The van der Waals surface area contributed by atoms with Gasteiger partial charge in [0.15, 0.2) is 5.11 Å². The number of rotatable bonds is 10. The van der Waals surface area contributed by atoms with Crippen LogP contribution in [0.5, 0.6) is 11.5 Å². The van der Waals surface area contributed by atoms with Crippen LogP contribution < -0.4 is 20.7 Å². The number of nitrogens with one attached hydrogen (secondary N) is 3. The maximum absolute atomic E-state index is 12.3. The van der Waals surface area contributed by atoms with Gasteiger partial charge in [-0.05, 0) is 53.8 Å². The van der Waals surface area contributed by atoms with Crippen LogP contribution in [-0.4, -0.2) is 49.2 Å². The average molecular weight is 587 g/mol. The third-order valence-corrected chi connectivity index (χ3v) is 5.84. The zero-order chi connectivity index (χ0) is 27.8. The Morgan fingerprint density at radius 1 is 1.03 bits per heavy atom. The Morgan fingerprint density at radius 3 is 2.56 bits per heavy atom. The van der Waals surface area contributed by atoms with Crippen molar-refractivity contribution in [2.24, 2.45) is 0 Å². The molecule has 39 heavy (non-hydrogen) atoms. The molecule has 3 aromatic carbocycles. The summed E-state index contributed by atoms with van der Waals surface area (Å²) in [5.74, 6) is 0.764. The fourth-order valence-corrected chi connectivity index (χ4v) is 3.96. The Kier molecular flexibility index (Phi) is 9.20. The van der Waals surface area contributed by atoms with Crippen molar-refractivity contribution in [3.63, 3.8) is 0 Å². The summed E-state index contributed by atoms with van der Waals surface area (Å²) in [6.45, 7) is 0.349. The molecule has 0 aliphatic rings. The zero-order valence-corrected chi connectivity index (χ0v) is 22.3. The third-order valence-electron chi connectivity index (χ3n) is 5.06. The number of halogens is 2. The van der Waals surface area contributed by atoms with Crippen LogP contribution in [0.25, 0.3) is 11.4 Å². The first-order chi connectivity index (χ1) is 18.8. The number of hydrogen-bond donors (Lipinski definition) is 3. The molecule has 4 rings (SSSR count). The van der Waals surface area contributed by atoms with E-state index in [2.05, 4.69) is 31.4 Å². The van der Waals surface area contributed by atoms with Crippen LogP contribution in [0.3, 0.4) is 0 Å². The van der Waals surface area contributed by atoms with E-state index in [1.54, 1.807) is 60.7 Å². The van der Waals surface area contributed by atoms with Crippen LogP contribution in [0.2, 0.25) is 10.0 Å². The molecule has 12 nitrogen and oxygen atoms in total. The van der Waals surface area contributed by atoms with Gasteiger partial charge in [-0.3, -0.25) is 14.9 Å². The topological polar surface area (TPSA) is 149 Å². The highest BCUT2D eigenvalue weighted by Crippen LogP contribution is 2.35. The van der Waals surface area contributed by atoms with Crippen LogP contribution >= 0.6 is 35.4 Å². The number of nitro groups is 1. The lowest BCUT2D eigenvalue weighted by Gasteiger charge is -2.11. The molecule has 0 aliphatic carbocycles. The number of thiocarbonyl (C=S) groups is 1. The summed E-state index contributed by atoms with van der Waals surface area (Å²) in [5, 5.41) is 32.7. The number of amides is 1. The number of ether oxygens (including phenoxy) is 1. The van der Waals surface area contributed by atoms with Crippen LogP contribution in [0.1, 0.15) is 0 Å². The van der Waals surface area contributed by atoms with Gasteiger partial charge in [0.2, 0.25) is 11.7 Å². The van der Waals surface area contributed by atoms with Crippen LogP contribution in [0.4, 0.5) is 11.4 Å². The Bertz CT molecular complexity index is 1520. The number of benzene rings is 3. The first-order valence-electron chi connectivity index (χ1n) is 11.4. The van der Waals surface area contributed by atoms with Crippen molar-refractivity contribution in [2.75, 3.05) is 18.4 Å². The molecule has 1 aromatic heterocycles. The number of para-hydroxylation sites is 3. The SMILES string of the molecule is O=C(Cn1nnc(-c2ccccc2Oc2ccc(Cl)cc2Cl)n1)NCCNC(=S)Nc1ccccc1[N+](=O)[O-]. The second kappa shape index (κ2) is 13.0. The van der Waals surface area contributed by atoms with Crippen molar-refractivity contribution in [2.45, 2.75) is 6.54 Å². The van der Waals surface area contributed by atoms with Gasteiger partial charge < -0.3 is 20.7 Å². The Labute approximate surface area is 237 Å². The highest BCUT2D eigenvalue weighted by molar-refractivity contribution is 7.80. The predicted molar refractivity (Wildman–Crippen MR) is 150 cm³/mol. The van der Waals surface area contributed by atoms with E-state index in [0.29, 0.717) is 27.1 Å². The number of tetrazole rings is 1. The molecular weight excluding hydrogens is 567 g/mol. The summed E-state index contributed by atoms with van der Waals surface area (Å²) < 4.78 is 5.94. The van der Waals surface area contributed by atoms with E-state index in [9.17, 15) is 14.9 Å². The van der Waals surface area contributed by atoms with Crippen LogP contribution in [-0.2, 0) is 11.3 Å². The van der Waals surface area contributed by atoms with Crippen molar-refractivity contribution in [1.29, 1.82) is 0 Å². The maximum atomic E-state index is 12.3. The molecule has 0 fully saturated rings. The van der Waals surface area contributed by atoms with E-state index in [0.717, 1.165) is 4.80 Å². The molecule has 3 N–H and O–H groups in total. The summed E-state index contributed by atoms with van der Waals surface area (Å²) in [6, 6.07) is 18.1. The molecule has 0 atom stereocenters. The first-order valence-corrected chi connectivity index (χ1v) is 12.5. The standard InChI is InChI=1S/C24H20Cl2N8O4S/c25-15-9-10-21(17(26)13-15)38-20-8-4-1-5-16(20)23-30-32-33(31-23)14-22(35)27-11-12-28-24(39)29-18-6-2-3-7-19(18)34(36)37/h1-10,13H,11-12,14H2,(H,27,35)(H2,28,29,39). The minimum Gasteiger partial charge on any atom is -0.455 e. The summed E-state index contributed by atoms with van der Waals surface area (Å²) >= 11 is 17.3. The van der Waals surface area contributed by atoms with Gasteiger partial charge in [0.25, 0.3) is 5.69 Å². The van der Waals surface area contributed by atoms with Gasteiger partial charge >= 0.3 is 0 Å². The van der Waals surface area contributed by atoms with Crippen LogP contribution in [0, 0.1) is 10.1 Å². The molecule has 1 amide bonds. The van der Waals surface area contributed by atoms with E-state index < -0.39 is 4.92 Å². The molecular formula is C24H20Cl2N8O4S. The fourth-order valence-electron chi connectivity index (χ4n) is 3.30. The van der Waals surface area contributed by atoms with Crippen molar-refractivity contribution in [1.82, 2.24) is 30.8 Å². The number of hydrogen-bond acceptors (Lipinski definition) is 8. The van der Waals surface area contributed by atoms with E-state index >= 15 is 0 Å². The average Bonchev–Trinajstić information content (AvgIpc) is 3.37. The van der Waals surface area contributed by atoms with Gasteiger partial charge in [-0.25, -0.2) is 0 Å². The Hall–Kier alpha value is -4.33. The molecule has 0 radical (unpaired) electrons. The second-order valence-electron chi connectivity index (χ2n) is 7.82. The van der Waals surface area contributed by atoms with Crippen LogP contribution in [0.15, 0.2) is 66.7 Å². The summed E-state index contributed by atoms with van der Waals surface area (Å²) in [5.41, 5.74) is 0.719. The fraction of sp³-hybridized carbons (Fsp3) is 0.125. The Morgan fingerprint density at radius 2 is 1.77 bits per heavy atom. The predicted octanol–water partition coefficient (Wildman–Crippen LogP) is 4.45. The lowest BCUT2D eigenvalue weighted by molar-refractivity contribution is -0.383. The van der Waals surface area contributed by atoms with E-state index in [4.69, 9.17) is 40.2 Å². The molecule has 0 saturated heterocycles. The number of carbonyl (C=O) groups excluding carboxylic acids is 1. The van der Waals surface area contributed by atoms with E-state index in [1.807, 2.05) is 0 Å². The Balaban J connectivity index is 1.27. The minimum atomic E-state index is -0.504. The van der Waals surface area contributed by atoms with Gasteiger partial charge in [0, 0.05) is 24.2 Å². The lowest BCUT2D eigenvalue weighted by Crippen LogP contribution is -2.38. The van der Waals surface area contributed by atoms with Crippen molar-refractivity contribution < 1.29 is 14.5 Å². The molecule has 0 spiro atoms. The number of nitro benzene ring substituents is 1. The molecule has 1 heterocycles. The number of carbonyl (C=O) groups is 1. The second-order valence-corrected chi connectivity index (χ2v) is 9.07. The highest BCUT2D eigenvalue weighted by Gasteiger charge is 2.16. The quantitative estimate of drug-likeness (QED) is 0.105. The van der Waals surface area contributed by atoms with E-state index in [1.165, 1.54) is 6.07 Å². The minimum absolute atomic E-state index is 0.0994. The zero-order valence-electron chi connectivity index (χ0n) is 20.0. The summed E-state index contributed by atoms with van der Waals surface area (Å²) in [7, 11) is 0. The molecule has 0 saturated carbocycles. The molecule has 4 aromatic rings. The molecule has 0 unspecified atom stereocenters. The number of aromatic nitrogens is 4. The van der Waals surface area contributed by atoms with Gasteiger partial charge in [-0.2, -0.15) is 4.80 Å². The maximum Gasteiger partial charge on any atom is 0.292 e. The molecule has 0 bridgehead atoms. The summed E-state index contributed by atoms with van der Waals surface area (Å²) in [6.07, 6.45) is 0. The van der Waals surface area contributed by atoms with Crippen molar-refractivity contribution in [3.05, 3.63) is 86.9 Å². The van der Waals surface area contributed by atoms with Gasteiger partial charge in [-0.1, -0.05) is 47.5 Å². The number of nitrogens with zero attached hydrogens (tertiary/aromatic N) is 5. The molecule has 0 aliphatic heterocycles. The van der Waals surface area contributed by atoms with Gasteiger partial charge in [0.1, 0.15) is 23.7 Å². The lowest BCUT2D eigenvalue weighted by atomic mass is 10.2. The first kappa shape index (κ1) is 27.7. The van der Waals surface area contributed by atoms with Gasteiger partial charge in [-0.15, -0.1) is 10.2 Å². The van der Waals surface area contributed by atoms with Gasteiger partial charge in [0.05, 0.1) is 15.5 Å². The highest BCUT2D eigenvalue weighted by atomic mass is 35.5. The van der Waals surface area contributed by atoms with Crippen molar-refractivity contribution >= 4 is 57.8 Å². The normalized spacial score (nSPS) is 10.5. The summed E-state index contributed by atoms with van der Waals surface area (Å²) in [4.78, 5) is 24.1. The molecule has 200 valence electrons. The van der Waals surface area contributed by atoms with Crippen molar-refractivity contribution in [3.8, 4) is 22.9 Å². The number of anilines is 1.